The van der Waals surface area contributed by atoms with Crippen molar-refractivity contribution in [2.75, 3.05) is 5.73 Å². The highest BCUT2D eigenvalue weighted by Crippen LogP contribution is 2.25. The standard InChI is InChI=1S/C16H15BrFN3/c1-10-4-2-3-5-11(10)6-7-21-15-8-12(17)13(18)9-14(15)20-16(21)19/h2-5,8-9H,6-7H2,1H3,(H2,19,20). The Labute approximate surface area is 130 Å². The third-order valence-electron chi connectivity index (χ3n) is 3.69. The van der Waals surface area contributed by atoms with Crippen molar-refractivity contribution in [1.29, 1.82) is 0 Å². The van der Waals surface area contributed by atoms with Crippen molar-refractivity contribution in [2.24, 2.45) is 0 Å². The van der Waals surface area contributed by atoms with Gasteiger partial charge in [0.05, 0.1) is 15.5 Å². The molecule has 1 aromatic heterocycles. The fourth-order valence-electron chi connectivity index (χ4n) is 2.50. The zero-order valence-electron chi connectivity index (χ0n) is 11.6. The van der Waals surface area contributed by atoms with Crippen LogP contribution >= 0.6 is 15.9 Å². The van der Waals surface area contributed by atoms with E-state index in [2.05, 4.69) is 40.0 Å². The molecule has 0 aliphatic carbocycles. The Balaban J connectivity index is 1.95. The van der Waals surface area contributed by atoms with Crippen LogP contribution in [0.3, 0.4) is 0 Å². The largest absolute Gasteiger partial charge is 0.369 e. The molecule has 3 nitrogen and oxygen atoms in total. The fraction of sp³-hybridized carbons (Fsp3) is 0.188. The van der Waals surface area contributed by atoms with E-state index in [0.29, 0.717) is 22.5 Å². The number of fused-ring (bicyclic) bond motifs is 1. The lowest BCUT2D eigenvalue weighted by Crippen LogP contribution is -2.06. The van der Waals surface area contributed by atoms with E-state index < -0.39 is 0 Å². The number of anilines is 1. The van der Waals surface area contributed by atoms with Crippen LogP contribution < -0.4 is 5.73 Å². The number of aromatic nitrogens is 2. The second-order valence-corrected chi connectivity index (χ2v) is 5.91. The van der Waals surface area contributed by atoms with Crippen LogP contribution in [0.1, 0.15) is 11.1 Å². The molecule has 3 aromatic rings. The number of nitrogen functional groups attached to an aromatic ring is 1. The van der Waals surface area contributed by atoms with Gasteiger partial charge in [-0.2, -0.15) is 0 Å². The Morgan fingerprint density at radius 2 is 2.05 bits per heavy atom. The molecule has 0 unspecified atom stereocenters. The average molecular weight is 348 g/mol. The minimum absolute atomic E-state index is 0.328. The van der Waals surface area contributed by atoms with E-state index in [1.807, 2.05) is 16.7 Å². The number of nitrogens with zero attached hydrogens (tertiary/aromatic N) is 2. The number of aryl methyl sites for hydroxylation is 3. The maximum atomic E-state index is 13.6. The summed E-state index contributed by atoms with van der Waals surface area (Å²) >= 11 is 3.21. The molecule has 0 radical (unpaired) electrons. The summed E-state index contributed by atoms with van der Waals surface area (Å²) in [6.07, 6.45) is 0.858. The highest BCUT2D eigenvalue weighted by molar-refractivity contribution is 9.10. The van der Waals surface area contributed by atoms with E-state index in [1.165, 1.54) is 17.2 Å². The lowest BCUT2D eigenvalue weighted by Gasteiger charge is -2.09. The molecular weight excluding hydrogens is 333 g/mol. The molecule has 0 amide bonds. The fourth-order valence-corrected chi connectivity index (χ4v) is 2.83. The van der Waals surface area contributed by atoms with Crippen LogP contribution in [-0.4, -0.2) is 9.55 Å². The summed E-state index contributed by atoms with van der Waals surface area (Å²) in [5.74, 6) is 0.0853. The SMILES string of the molecule is Cc1ccccc1CCn1c(N)nc2cc(F)c(Br)cc21. The van der Waals surface area contributed by atoms with E-state index in [-0.39, 0.29) is 5.82 Å². The van der Waals surface area contributed by atoms with E-state index in [0.717, 1.165) is 11.9 Å². The van der Waals surface area contributed by atoms with Crippen molar-refractivity contribution in [3.8, 4) is 0 Å². The van der Waals surface area contributed by atoms with Crippen molar-refractivity contribution >= 4 is 32.9 Å². The van der Waals surface area contributed by atoms with Gasteiger partial charge in [0, 0.05) is 12.6 Å². The van der Waals surface area contributed by atoms with Gasteiger partial charge in [0.2, 0.25) is 5.95 Å². The van der Waals surface area contributed by atoms with Crippen LogP contribution in [0.15, 0.2) is 40.9 Å². The monoisotopic (exact) mass is 347 g/mol. The van der Waals surface area contributed by atoms with Gasteiger partial charge in [0.25, 0.3) is 0 Å². The molecule has 0 spiro atoms. The Bertz CT molecular complexity index is 811. The Kier molecular flexibility index (Phi) is 3.68. The molecule has 108 valence electrons. The van der Waals surface area contributed by atoms with Crippen LogP contribution in [0.4, 0.5) is 10.3 Å². The first kappa shape index (κ1) is 14.1. The summed E-state index contributed by atoms with van der Waals surface area (Å²) in [6, 6.07) is 11.4. The summed E-state index contributed by atoms with van der Waals surface area (Å²) in [7, 11) is 0. The molecule has 2 N–H and O–H groups in total. The normalized spacial score (nSPS) is 11.2. The van der Waals surface area contributed by atoms with Crippen LogP contribution in [0.2, 0.25) is 0 Å². The summed E-state index contributed by atoms with van der Waals surface area (Å²) in [5, 5.41) is 0. The smallest absolute Gasteiger partial charge is 0.201 e. The molecule has 0 aliphatic rings. The van der Waals surface area contributed by atoms with Crippen LogP contribution in [0.5, 0.6) is 0 Å². The minimum atomic E-state index is -0.328. The van der Waals surface area contributed by atoms with Crippen molar-refractivity contribution in [1.82, 2.24) is 9.55 Å². The van der Waals surface area contributed by atoms with E-state index in [1.54, 1.807) is 6.07 Å². The predicted octanol–water partition coefficient (Wildman–Crippen LogP) is 4.07. The molecule has 1 heterocycles. The van der Waals surface area contributed by atoms with Gasteiger partial charge in [0.1, 0.15) is 5.82 Å². The van der Waals surface area contributed by atoms with Gasteiger partial charge in [-0.1, -0.05) is 24.3 Å². The molecule has 0 fully saturated rings. The number of hydrogen-bond acceptors (Lipinski definition) is 2. The number of imidazole rings is 1. The molecule has 3 rings (SSSR count). The number of rotatable bonds is 3. The minimum Gasteiger partial charge on any atom is -0.369 e. The summed E-state index contributed by atoms with van der Waals surface area (Å²) < 4.78 is 15.9. The van der Waals surface area contributed by atoms with Crippen molar-refractivity contribution < 1.29 is 4.39 Å². The van der Waals surface area contributed by atoms with Crippen LogP contribution in [-0.2, 0) is 13.0 Å². The Morgan fingerprint density at radius 3 is 2.81 bits per heavy atom. The quantitative estimate of drug-likeness (QED) is 0.775. The number of halogens is 2. The zero-order valence-corrected chi connectivity index (χ0v) is 13.2. The topological polar surface area (TPSA) is 43.8 Å². The van der Waals surface area contributed by atoms with Gasteiger partial charge in [-0.15, -0.1) is 0 Å². The highest BCUT2D eigenvalue weighted by atomic mass is 79.9. The van der Waals surface area contributed by atoms with E-state index in [9.17, 15) is 4.39 Å². The molecule has 0 atom stereocenters. The third kappa shape index (κ3) is 2.65. The summed E-state index contributed by atoms with van der Waals surface area (Å²) in [5.41, 5.74) is 9.93. The molecular formula is C16H15BrFN3. The average Bonchev–Trinajstić information content (AvgIpc) is 2.74. The number of benzene rings is 2. The Hall–Kier alpha value is -1.88. The van der Waals surface area contributed by atoms with Crippen LogP contribution in [0.25, 0.3) is 11.0 Å². The van der Waals surface area contributed by atoms with Gasteiger partial charge in [-0.25, -0.2) is 9.37 Å². The van der Waals surface area contributed by atoms with Crippen molar-refractivity contribution in [2.45, 2.75) is 19.9 Å². The number of nitrogens with two attached hydrogens (primary N) is 1. The molecule has 0 bridgehead atoms. The summed E-state index contributed by atoms with van der Waals surface area (Å²) in [6.45, 7) is 2.81. The first-order valence-corrected chi connectivity index (χ1v) is 7.51. The van der Waals surface area contributed by atoms with Gasteiger partial charge >= 0.3 is 0 Å². The molecule has 2 aromatic carbocycles. The van der Waals surface area contributed by atoms with Gasteiger partial charge in [-0.3, -0.25) is 0 Å². The van der Waals surface area contributed by atoms with Crippen molar-refractivity contribution in [3.05, 3.63) is 57.8 Å². The highest BCUT2D eigenvalue weighted by Gasteiger charge is 2.11. The zero-order chi connectivity index (χ0) is 15.0. The maximum Gasteiger partial charge on any atom is 0.201 e. The maximum absolute atomic E-state index is 13.6. The van der Waals surface area contributed by atoms with Gasteiger partial charge in [0.15, 0.2) is 0 Å². The number of hydrogen-bond donors (Lipinski definition) is 1. The summed E-state index contributed by atoms with van der Waals surface area (Å²) in [4.78, 5) is 4.23. The molecule has 5 heteroatoms. The van der Waals surface area contributed by atoms with E-state index >= 15 is 0 Å². The predicted molar refractivity (Wildman–Crippen MR) is 86.7 cm³/mol. The second-order valence-electron chi connectivity index (χ2n) is 5.05. The second kappa shape index (κ2) is 5.48. The van der Waals surface area contributed by atoms with Gasteiger partial charge in [-0.05, 0) is 46.5 Å². The third-order valence-corrected chi connectivity index (χ3v) is 4.29. The molecule has 0 saturated heterocycles. The lowest BCUT2D eigenvalue weighted by molar-refractivity contribution is 0.622. The Morgan fingerprint density at radius 1 is 1.29 bits per heavy atom. The van der Waals surface area contributed by atoms with Gasteiger partial charge < -0.3 is 10.3 Å². The van der Waals surface area contributed by atoms with Crippen molar-refractivity contribution in [3.63, 3.8) is 0 Å². The first-order valence-electron chi connectivity index (χ1n) is 6.71. The first-order chi connectivity index (χ1) is 10.1. The molecule has 0 aliphatic heterocycles. The molecule has 21 heavy (non-hydrogen) atoms. The van der Waals surface area contributed by atoms with E-state index in [4.69, 9.17) is 5.73 Å². The lowest BCUT2D eigenvalue weighted by atomic mass is 10.1. The van der Waals surface area contributed by atoms with Crippen LogP contribution in [0, 0.1) is 12.7 Å². The molecule has 0 saturated carbocycles.